The van der Waals surface area contributed by atoms with Gasteiger partial charge in [0, 0.05) is 18.1 Å². The van der Waals surface area contributed by atoms with Crippen LogP contribution in [-0.2, 0) is 6.42 Å². The highest BCUT2D eigenvalue weighted by Crippen LogP contribution is 2.18. The van der Waals surface area contributed by atoms with Crippen molar-refractivity contribution in [1.29, 1.82) is 0 Å². The zero-order chi connectivity index (χ0) is 9.80. The third-order valence-electron chi connectivity index (χ3n) is 2.25. The van der Waals surface area contributed by atoms with Gasteiger partial charge in [-0.25, -0.2) is 0 Å². The van der Waals surface area contributed by atoms with Crippen LogP contribution in [0.25, 0.3) is 0 Å². The number of hydrogen-bond acceptors (Lipinski definition) is 4. The predicted molar refractivity (Wildman–Crippen MR) is 60.4 cm³/mol. The van der Waals surface area contributed by atoms with Crippen molar-refractivity contribution in [3.63, 3.8) is 0 Å². The molecule has 1 atom stereocenters. The minimum atomic E-state index is 0.410. The van der Waals surface area contributed by atoms with Crippen molar-refractivity contribution >= 4 is 16.9 Å². The van der Waals surface area contributed by atoms with Crippen LogP contribution in [0.3, 0.4) is 0 Å². The maximum absolute atomic E-state index is 5.60. The molecule has 1 aromatic rings. The van der Waals surface area contributed by atoms with Gasteiger partial charge < -0.3 is 5.73 Å². The Kier molecular flexibility index (Phi) is 3.03. The van der Waals surface area contributed by atoms with Crippen molar-refractivity contribution in [2.24, 2.45) is 10.7 Å². The standard InChI is InChI=1S/C10H13N3S/c11-10-13-9(7-14-10)2-1-8-3-5-12-6-4-8/h3-6,9H,1-2,7H2,(H2,11,13). The van der Waals surface area contributed by atoms with Crippen LogP contribution in [-0.4, -0.2) is 21.9 Å². The number of rotatable bonds is 3. The highest BCUT2D eigenvalue weighted by atomic mass is 32.2. The third kappa shape index (κ3) is 2.48. The number of hydrogen-bond donors (Lipinski definition) is 1. The lowest BCUT2D eigenvalue weighted by atomic mass is 10.1. The fraction of sp³-hybridized carbons (Fsp3) is 0.400. The van der Waals surface area contributed by atoms with Gasteiger partial charge in [-0.05, 0) is 30.5 Å². The Morgan fingerprint density at radius 3 is 2.86 bits per heavy atom. The van der Waals surface area contributed by atoms with Crippen LogP contribution < -0.4 is 5.73 Å². The maximum Gasteiger partial charge on any atom is 0.154 e. The van der Waals surface area contributed by atoms with E-state index in [1.54, 1.807) is 11.8 Å². The number of nitrogens with zero attached hydrogens (tertiary/aromatic N) is 2. The molecule has 0 aliphatic carbocycles. The summed E-state index contributed by atoms with van der Waals surface area (Å²) in [5.74, 6) is 1.04. The van der Waals surface area contributed by atoms with E-state index in [0.717, 1.165) is 23.8 Å². The fourth-order valence-corrected chi connectivity index (χ4v) is 2.29. The fourth-order valence-electron chi connectivity index (χ4n) is 1.47. The highest BCUT2D eigenvalue weighted by molar-refractivity contribution is 8.14. The lowest BCUT2D eigenvalue weighted by molar-refractivity contribution is 0.684. The Balaban J connectivity index is 1.84. The summed E-state index contributed by atoms with van der Waals surface area (Å²) in [6.07, 6.45) is 5.80. The predicted octanol–water partition coefficient (Wildman–Crippen LogP) is 1.44. The third-order valence-corrected chi connectivity index (χ3v) is 3.20. The van der Waals surface area contributed by atoms with Crippen LogP contribution in [0.4, 0.5) is 0 Å². The SMILES string of the molecule is NC1=NC(CCc2ccncc2)CS1. The van der Waals surface area contributed by atoms with Crippen LogP contribution in [0.1, 0.15) is 12.0 Å². The Labute approximate surface area is 87.8 Å². The zero-order valence-electron chi connectivity index (χ0n) is 7.89. The molecule has 4 heteroatoms. The number of aromatic nitrogens is 1. The lowest BCUT2D eigenvalue weighted by Crippen LogP contribution is -2.06. The summed E-state index contributed by atoms with van der Waals surface area (Å²) in [6, 6.07) is 4.51. The van der Waals surface area contributed by atoms with Gasteiger partial charge in [0.25, 0.3) is 0 Å². The molecule has 14 heavy (non-hydrogen) atoms. The zero-order valence-corrected chi connectivity index (χ0v) is 8.70. The van der Waals surface area contributed by atoms with Crippen LogP contribution >= 0.6 is 11.8 Å². The second-order valence-corrected chi connectivity index (χ2v) is 4.37. The second-order valence-electron chi connectivity index (χ2n) is 3.33. The Morgan fingerprint density at radius 2 is 2.21 bits per heavy atom. The van der Waals surface area contributed by atoms with Crippen molar-refractivity contribution in [2.75, 3.05) is 5.75 Å². The van der Waals surface area contributed by atoms with Gasteiger partial charge in [0.2, 0.25) is 0 Å². The molecular formula is C10H13N3S. The Hall–Kier alpha value is -1.03. The van der Waals surface area contributed by atoms with Crippen LogP contribution in [0.5, 0.6) is 0 Å². The number of aliphatic imine (C=N–C) groups is 1. The largest absolute Gasteiger partial charge is 0.379 e. The molecule has 1 aromatic heterocycles. The van der Waals surface area contributed by atoms with Gasteiger partial charge in [-0.2, -0.15) is 0 Å². The average Bonchev–Trinajstić information content (AvgIpc) is 2.63. The molecule has 0 aromatic carbocycles. The summed E-state index contributed by atoms with van der Waals surface area (Å²) in [6.45, 7) is 0. The molecule has 0 bridgehead atoms. The molecule has 0 fully saturated rings. The molecule has 1 unspecified atom stereocenters. The highest BCUT2D eigenvalue weighted by Gasteiger charge is 2.15. The van der Waals surface area contributed by atoms with Gasteiger partial charge in [-0.15, -0.1) is 0 Å². The smallest absolute Gasteiger partial charge is 0.154 e. The molecule has 0 saturated heterocycles. The molecule has 74 valence electrons. The van der Waals surface area contributed by atoms with Crippen LogP contribution in [0.2, 0.25) is 0 Å². The first kappa shape index (κ1) is 9.52. The molecule has 2 rings (SSSR count). The van der Waals surface area contributed by atoms with E-state index in [9.17, 15) is 0 Å². The van der Waals surface area contributed by atoms with Gasteiger partial charge in [0.15, 0.2) is 5.17 Å². The maximum atomic E-state index is 5.60. The summed E-state index contributed by atoms with van der Waals surface area (Å²) >= 11 is 1.66. The molecule has 3 nitrogen and oxygen atoms in total. The van der Waals surface area contributed by atoms with Gasteiger partial charge in [0.1, 0.15) is 0 Å². The Bertz CT molecular complexity index is 323. The second kappa shape index (κ2) is 4.46. The van der Waals surface area contributed by atoms with E-state index in [1.165, 1.54) is 5.56 Å². The quantitative estimate of drug-likeness (QED) is 0.816. The number of amidine groups is 1. The van der Waals surface area contributed by atoms with Crippen LogP contribution in [0.15, 0.2) is 29.5 Å². The summed E-state index contributed by atoms with van der Waals surface area (Å²) in [5, 5.41) is 0.740. The van der Waals surface area contributed by atoms with Crippen molar-refractivity contribution in [3.05, 3.63) is 30.1 Å². The van der Waals surface area contributed by atoms with Gasteiger partial charge in [-0.1, -0.05) is 11.8 Å². The van der Waals surface area contributed by atoms with Crippen molar-refractivity contribution < 1.29 is 0 Å². The lowest BCUT2D eigenvalue weighted by Gasteiger charge is -2.04. The van der Waals surface area contributed by atoms with Crippen molar-refractivity contribution in [3.8, 4) is 0 Å². The number of aryl methyl sites for hydroxylation is 1. The molecule has 2 heterocycles. The van der Waals surface area contributed by atoms with Crippen molar-refractivity contribution in [1.82, 2.24) is 4.98 Å². The molecular weight excluding hydrogens is 194 g/mol. The normalized spacial score (nSPS) is 20.9. The molecule has 0 saturated carbocycles. The summed E-state index contributed by atoms with van der Waals surface area (Å²) in [7, 11) is 0. The summed E-state index contributed by atoms with van der Waals surface area (Å²) in [4.78, 5) is 8.33. The first-order chi connectivity index (χ1) is 6.84. The number of thioether (sulfide) groups is 1. The molecule has 2 N–H and O–H groups in total. The van der Waals surface area contributed by atoms with Gasteiger partial charge >= 0.3 is 0 Å². The Morgan fingerprint density at radius 1 is 1.43 bits per heavy atom. The molecule has 1 aliphatic heterocycles. The van der Waals surface area contributed by atoms with E-state index in [2.05, 4.69) is 22.1 Å². The van der Waals surface area contributed by atoms with E-state index in [4.69, 9.17) is 5.73 Å². The molecule has 0 radical (unpaired) electrons. The summed E-state index contributed by atoms with van der Waals surface area (Å²) < 4.78 is 0. The van der Waals surface area contributed by atoms with Crippen LogP contribution in [0, 0.1) is 0 Å². The number of nitrogens with two attached hydrogens (primary N) is 1. The summed E-state index contributed by atoms with van der Waals surface area (Å²) in [5.41, 5.74) is 6.92. The monoisotopic (exact) mass is 207 g/mol. The first-order valence-corrected chi connectivity index (χ1v) is 5.68. The van der Waals surface area contributed by atoms with E-state index >= 15 is 0 Å². The average molecular weight is 207 g/mol. The minimum Gasteiger partial charge on any atom is -0.379 e. The van der Waals surface area contributed by atoms with E-state index < -0.39 is 0 Å². The molecule has 0 spiro atoms. The van der Waals surface area contributed by atoms with E-state index in [0.29, 0.717) is 6.04 Å². The minimum absolute atomic E-state index is 0.410. The first-order valence-electron chi connectivity index (χ1n) is 4.69. The van der Waals surface area contributed by atoms with Gasteiger partial charge in [-0.3, -0.25) is 9.98 Å². The molecule has 1 aliphatic rings. The number of pyridine rings is 1. The van der Waals surface area contributed by atoms with E-state index in [-0.39, 0.29) is 0 Å². The topological polar surface area (TPSA) is 51.3 Å². The van der Waals surface area contributed by atoms with E-state index in [1.807, 2.05) is 12.4 Å². The van der Waals surface area contributed by atoms with Crippen molar-refractivity contribution in [2.45, 2.75) is 18.9 Å². The molecule has 0 amide bonds. The van der Waals surface area contributed by atoms with Gasteiger partial charge in [0.05, 0.1) is 6.04 Å².